The summed E-state index contributed by atoms with van der Waals surface area (Å²) in [5.41, 5.74) is 2.44. The van der Waals surface area contributed by atoms with Gasteiger partial charge in [-0.1, -0.05) is 35.9 Å². The molecular formula is C22H25ClN2O4. The van der Waals surface area contributed by atoms with Gasteiger partial charge in [0, 0.05) is 29.8 Å². The van der Waals surface area contributed by atoms with Crippen LogP contribution in [0.15, 0.2) is 48.5 Å². The summed E-state index contributed by atoms with van der Waals surface area (Å²) in [5.74, 6) is 0.0799. The molecule has 1 heterocycles. The standard InChI is InChI=1S/C22H25ClN2O4/c1-15(24-21(26)18-10-12-28-13-11-18)17-4-8-20(9-5-17)25-22(27)29-14-16-2-6-19(23)7-3-16/h2-9,15,18H,10-14H2,1H3,(H,24,26)(H,25,27). The predicted molar refractivity (Wildman–Crippen MR) is 112 cm³/mol. The van der Waals surface area contributed by atoms with E-state index in [1.807, 2.05) is 19.1 Å². The predicted octanol–water partition coefficient (Wildman–Crippen LogP) is 4.69. The summed E-state index contributed by atoms with van der Waals surface area (Å²) in [6, 6.07) is 14.3. The van der Waals surface area contributed by atoms with Gasteiger partial charge in [-0.25, -0.2) is 4.79 Å². The first-order chi connectivity index (χ1) is 14.0. The molecule has 1 aliphatic heterocycles. The highest BCUT2D eigenvalue weighted by Gasteiger charge is 2.23. The number of carbonyl (C=O) groups excluding carboxylic acids is 2. The van der Waals surface area contributed by atoms with Crippen LogP contribution in [-0.4, -0.2) is 25.2 Å². The van der Waals surface area contributed by atoms with Gasteiger partial charge < -0.3 is 14.8 Å². The minimum Gasteiger partial charge on any atom is -0.444 e. The lowest BCUT2D eigenvalue weighted by molar-refractivity contribution is -0.128. The molecule has 0 saturated carbocycles. The van der Waals surface area contributed by atoms with E-state index in [0.29, 0.717) is 23.9 Å². The smallest absolute Gasteiger partial charge is 0.411 e. The number of hydrogen-bond donors (Lipinski definition) is 2. The van der Waals surface area contributed by atoms with Crippen molar-refractivity contribution in [1.29, 1.82) is 0 Å². The number of halogens is 1. The Kier molecular flexibility index (Phi) is 7.49. The van der Waals surface area contributed by atoms with Crippen LogP contribution in [0.2, 0.25) is 5.02 Å². The Hall–Kier alpha value is -2.57. The molecule has 6 nitrogen and oxygen atoms in total. The molecule has 1 unspecified atom stereocenters. The second kappa shape index (κ2) is 10.3. The Morgan fingerprint density at radius 2 is 1.76 bits per heavy atom. The van der Waals surface area contributed by atoms with Crippen LogP contribution < -0.4 is 10.6 Å². The second-order valence-corrected chi connectivity index (χ2v) is 7.50. The van der Waals surface area contributed by atoms with E-state index in [4.69, 9.17) is 21.1 Å². The quantitative estimate of drug-likeness (QED) is 0.716. The number of nitrogens with one attached hydrogen (secondary N) is 2. The highest BCUT2D eigenvalue weighted by Crippen LogP contribution is 2.20. The maximum absolute atomic E-state index is 12.4. The molecule has 0 spiro atoms. The topological polar surface area (TPSA) is 76.7 Å². The van der Waals surface area contributed by atoms with E-state index in [9.17, 15) is 9.59 Å². The number of amides is 2. The summed E-state index contributed by atoms with van der Waals surface area (Å²) >= 11 is 5.84. The third-order valence-electron chi connectivity index (χ3n) is 4.89. The van der Waals surface area contributed by atoms with E-state index in [0.717, 1.165) is 24.0 Å². The van der Waals surface area contributed by atoms with Gasteiger partial charge in [0.2, 0.25) is 5.91 Å². The number of rotatable bonds is 6. The molecule has 1 fully saturated rings. The second-order valence-electron chi connectivity index (χ2n) is 7.07. The summed E-state index contributed by atoms with van der Waals surface area (Å²) in [7, 11) is 0. The molecule has 0 bridgehead atoms. The number of hydrogen-bond acceptors (Lipinski definition) is 4. The van der Waals surface area contributed by atoms with Crippen LogP contribution in [0.3, 0.4) is 0 Å². The lowest BCUT2D eigenvalue weighted by atomic mass is 9.98. The SMILES string of the molecule is CC(NC(=O)C1CCOCC1)c1ccc(NC(=O)OCc2ccc(Cl)cc2)cc1. The summed E-state index contributed by atoms with van der Waals surface area (Å²) in [5, 5.41) is 6.38. The molecule has 3 rings (SSSR count). The fourth-order valence-electron chi connectivity index (χ4n) is 3.11. The lowest BCUT2D eigenvalue weighted by Gasteiger charge is -2.23. The van der Waals surface area contributed by atoms with Crippen LogP contribution in [0.4, 0.5) is 10.5 Å². The Morgan fingerprint density at radius 3 is 2.41 bits per heavy atom. The largest absolute Gasteiger partial charge is 0.444 e. The molecule has 2 aromatic carbocycles. The molecular weight excluding hydrogens is 392 g/mol. The highest BCUT2D eigenvalue weighted by molar-refractivity contribution is 6.30. The van der Waals surface area contributed by atoms with Crippen molar-refractivity contribution in [3.8, 4) is 0 Å². The van der Waals surface area contributed by atoms with Crippen LogP contribution >= 0.6 is 11.6 Å². The van der Waals surface area contributed by atoms with Crippen LogP contribution in [-0.2, 0) is 20.9 Å². The zero-order valence-corrected chi connectivity index (χ0v) is 17.1. The molecule has 1 saturated heterocycles. The van der Waals surface area contributed by atoms with Gasteiger partial charge in [-0.05, 0) is 55.2 Å². The Morgan fingerprint density at radius 1 is 1.10 bits per heavy atom. The van der Waals surface area contributed by atoms with Crippen molar-refractivity contribution >= 4 is 29.3 Å². The molecule has 2 aromatic rings. The minimum atomic E-state index is -0.534. The number of ether oxygens (including phenoxy) is 2. The summed E-state index contributed by atoms with van der Waals surface area (Å²) in [6.07, 6.45) is 0.993. The normalized spacial score (nSPS) is 15.4. The van der Waals surface area contributed by atoms with E-state index in [-0.39, 0.29) is 24.5 Å². The van der Waals surface area contributed by atoms with Gasteiger partial charge in [0.25, 0.3) is 0 Å². The molecule has 7 heteroatoms. The van der Waals surface area contributed by atoms with Gasteiger partial charge in [-0.3, -0.25) is 10.1 Å². The van der Waals surface area contributed by atoms with E-state index in [1.165, 1.54) is 0 Å². The van der Waals surface area contributed by atoms with E-state index < -0.39 is 6.09 Å². The molecule has 0 radical (unpaired) electrons. The molecule has 2 N–H and O–H groups in total. The average Bonchev–Trinajstić information content (AvgIpc) is 2.74. The molecule has 1 atom stereocenters. The van der Waals surface area contributed by atoms with Crippen molar-refractivity contribution in [3.05, 3.63) is 64.7 Å². The van der Waals surface area contributed by atoms with Gasteiger partial charge in [0.1, 0.15) is 6.61 Å². The first-order valence-electron chi connectivity index (χ1n) is 9.67. The minimum absolute atomic E-state index is 0.0163. The summed E-state index contributed by atoms with van der Waals surface area (Å²) in [4.78, 5) is 24.3. The third kappa shape index (κ3) is 6.48. The molecule has 2 amide bonds. The van der Waals surface area contributed by atoms with Crippen LogP contribution in [0.1, 0.15) is 36.9 Å². The summed E-state index contributed by atoms with van der Waals surface area (Å²) in [6.45, 7) is 3.39. The first-order valence-corrected chi connectivity index (χ1v) is 10.1. The van der Waals surface area contributed by atoms with Crippen LogP contribution in [0.25, 0.3) is 0 Å². The fourth-order valence-corrected chi connectivity index (χ4v) is 3.24. The highest BCUT2D eigenvalue weighted by atomic mass is 35.5. The third-order valence-corrected chi connectivity index (χ3v) is 5.14. The van der Waals surface area contributed by atoms with E-state index >= 15 is 0 Å². The monoisotopic (exact) mass is 416 g/mol. The van der Waals surface area contributed by atoms with Crippen molar-refractivity contribution in [3.63, 3.8) is 0 Å². The molecule has 154 valence electrons. The van der Waals surface area contributed by atoms with Crippen LogP contribution in [0, 0.1) is 5.92 Å². The molecule has 1 aliphatic rings. The Balaban J connectivity index is 1.46. The first kappa shape index (κ1) is 21.1. The molecule has 29 heavy (non-hydrogen) atoms. The van der Waals surface area contributed by atoms with Gasteiger partial charge in [0.15, 0.2) is 0 Å². The van der Waals surface area contributed by atoms with E-state index in [2.05, 4.69) is 10.6 Å². The Labute approximate surface area is 175 Å². The lowest BCUT2D eigenvalue weighted by Crippen LogP contribution is -2.35. The average molecular weight is 417 g/mol. The zero-order chi connectivity index (χ0) is 20.6. The zero-order valence-electron chi connectivity index (χ0n) is 16.3. The Bertz CT molecular complexity index is 818. The number of carbonyl (C=O) groups is 2. The maximum atomic E-state index is 12.4. The number of anilines is 1. The van der Waals surface area contributed by atoms with Crippen LogP contribution in [0.5, 0.6) is 0 Å². The van der Waals surface area contributed by atoms with Crippen molar-refractivity contribution in [2.75, 3.05) is 18.5 Å². The van der Waals surface area contributed by atoms with Crippen molar-refractivity contribution in [2.24, 2.45) is 5.92 Å². The van der Waals surface area contributed by atoms with Gasteiger partial charge in [0.05, 0.1) is 6.04 Å². The van der Waals surface area contributed by atoms with Crippen molar-refractivity contribution < 1.29 is 19.1 Å². The fraction of sp³-hybridized carbons (Fsp3) is 0.364. The summed E-state index contributed by atoms with van der Waals surface area (Å²) < 4.78 is 10.5. The van der Waals surface area contributed by atoms with Gasteiger partial charge in [-0.15, -0.1) is 0 Å². The van der Waals surface area contributed by atoms with Crippen molar-refractivity contribution in [2.45, 2.75) is 32.4 Å². The van der Waals surface area contributed by atoms with Gasteiger partial charge in [-0.2, -0.15) is 0 Å². The maximum Gasteiger partial charge on any atom is 0.411 e. The number of benzene rings is 2. The van der Waals surface area contributed by atoms with E-state index in [1.54, 1.807) is 36.4 Å². The molecule has 0 aromatic heterocycles. The van der Waals surface area contributed by atoms with Gasteiger partial charge >= 0.3 is 6.09 Å². The van der Waals surface area contributed by atoms with Crippen molar-refractivity contribution in [1.82, 2.24) is 5.32 Å². The molecule has 0 aliphatic carbocycles.